The number of carboxylic acids is 1. The molecule has 4 aliphatic carbocycles. The molecular weight excluding hydrogens is 614 g/mol. The van der Waals surface area contributed by atoms with Gasteiger partial charge in [-0.15, -0.1) is 0 Å². The zero-order valence-electron chi connectivity index (χ0n) is 30.5. The molecule has 1 heterocycles. The van der Waals surface area contributed by atoms with E-state index in [0.29, 0.717) is 45.9 Å². The highest BCUT2D eigenvalue weighted by Crippen LogP contribution is 2.74. The lowest BCUT2D eigenvalue weighted by atomic mass is 9.34. The van der Waals surface area contributed by atoms with Gasteiger partial charge in [-0.3, -0.25) is 19.3 Å². The van der Waals surface area contributed by atoms with E-state index < -0.39 is 51.2 Å². The molecular formula is C38H61NO9. The minimum absolute atomic E-state index is 0.00382. The maximum atomic E-state index is 14.8. The van der Waals surface area contributed by atoms with Crippen LogP contribution in [0.2, 0.25) is 0 Å². The predicted octanol–water partition coefficient (Wildman–Crippen LogP) is 4.36. The van der Waals surface area contributed by atoms with Crippen LogP contribution in [-0.2, 0) is 28.6 Å². The third kappa shape index (κ3) is 5.51. The number of hydrogen-bond donors (Lipinski definition) is 3. The summed E-state index contributed by atoms with van der Waals surface area (Å²) in [5.41, 5.74) is -2.15. The smallest absolute Gasteiger partial charge is 0.308 e. The van der Waals surface area contributed by atoms with Gasteiger partial charge >= 0.3 is 11.9 Å². The van der Waals surface area contributed by atoms with Crippen molar-refractivity contribution < 1.29 is 43.9 Å². The standard InChI is InChI=1S/C38H61NO9/c1-23(2)24(3)34(5)11-12-36(7)26-9-10-29-35(6)21-46-22-38(29,27(26)19-30(43)37(36,8)31(34)33(44)45)20-28(48-25(4)42)32(35)47-18-15-39(13-16-40)14-17-41/h19,23-24,26,28-29,31-32,40-41H,9-18,20-22H2,1-8H3,(H,44,45)/t24-,26+,28-,29+,31-,32+,34-,35+,36-,37+,38+/m1/s1. The second-order valence-corrected chi connectivity index (χ2v) is 17.2. The summed E-state index contributed by atoms with van der Waals surface area (Å²) >= 11 is 0. The van der Waals surface area contributed by atoms with Gasteiger partial charge in [0.15, 0.2) is 5.78 Å². The lowest BCUT2D eigenvalue weighted by Gasteiger charge is -2.70. The van der Waals surface area contributed by atoms with Gasteiger partial charge in [0.05, 0.1) is 39.0 Å². The van der Waals surface area contributed by atoms with Crippen LogP contribution in [0.25, 0.3) is 0 Å². The van der Waals surface area contributed by atoms with Crippen LogP contribution in [0.4, 0.5) is 0 Å². The Hall–Kier alpha value is -1.85. The topological polar surface area (TPSA) is 143 Å². The number of aliphatic carboxylic acids is 1. The van der Waals surface area contributed by atoms with Crippen LogP contribution in [0.5, 0.6) is 0 Å². The Bertz CT molecular complexity index is 1280. The third-order valence-electron chi connectivity index (χ3n) is 14.8. The number of fused-ring (bicyclic) bond motifs is 3. The summed E-state index contributed by atoms with van der Waals surface area (Å²) in [6, 6.07) is 0. The van der Waals surface area contributed by atoms with E-state index in [2.05, 4.69) is 41.5 Å². The Morgan fingerprint density at radius 1 is 1.02 bits per heavy atom. The number of aliphatic hydroxyl groups is 2. The molecule has 1 saturated heterocycles. The van der Waals surface area contributed by atoms with Crippen molar-refractivity contribution in [3.8, 4) is 0 Å². The van der Waals surface area contributed by atoms with Gasteiger partial charge in [-0.25, -0.2) is 0 Å². The number of carbonyl (C=O) groups is 3. The summed E-state index contributed by atoms with van der Waals surface area (Å²) in [6.07, 6.45) is 4.55. The number of rotatable bonds is 12. The van der Waals surface area contributed by atoms with Gasteiger partial charge in [0, 0.05) is 42.8 Å². The Kier molecular flexibility index (Phi) is 10.4. The van der Waals surface area contributed by atoms with Crippen LogP contribution in [0.3, 0.4) is 0 Å². The number of hydrogen-bond acceptors (Lipinski definition) is 9. The van der Waals surface area contributed by atoms with Crippen LogP contribution < -0.4 is 0 Å². The summed E-state index contributed by atoms with van der Waals surface area (Å²) in [7, 11) is 0. The van der Waals surface area contributed by atoms with Crippen molar-refractivity contribution in [2.75, 3.05) is 52.7 Å². The van der Waals surface area contributed by atoms with Crippen LogP contribution in [0.15, 0.2) is 11.6 Å². The average Bonchev–Trinajstić information content (AvgIpc) is 2.99. The highest BCUT2D eigenvalue weighted by molar-refractivity contribution is 6.00. The number of carboxylic acid groups (broad SMARTS) is 1. The minimum atomic E-state index is -1.07. The molecule has 272 valence electrons. The van der Waals surface area contributed by atoms with Crippen LogP contribution in [0.1, 0.15) is 87.5 Å². The lowest BCUT2D eigenvalue weighted by Crippen LogP contribution is -2.71. The summed E-state index contributed by atoms with van der Waals surface area (Å²) in [4.78, 5) is 42.7. The first-order valence-corrected chi connectivity index (χ1v) is 18.3. The minimum Gasteiger partial charge on any atom is -0.481 e. The fraction of sp³-hybridized carbons (Fsp3) is 0.868. The molecule has 48 heavy (non-hydrogen) atoms. The molecule has 5 aliphatic rings. The van der Waals surface area contributed by atoms with E-state index >= 15 is 0 Å². The van der Waals surface area contributed by atoms with Crippen molar-refractivity contribution in [1.82, 2.24) is 4.90 Å². The summed E-state index contributed by atoms with van der Waals surface area (Å²) < 4.78 is 19.2. The highest BCUT2D eigenvalue weighted by atomic mass is 16.6. The van der Waals surface area contributed by atoms with Gasteiger partial charge in [0.1, 0.15) is 12.2 Å². The average molecular weight is 676 g/mol. The van der Waals surface area contributed by atoms with E-state index in [-0.39, 0.29) is 48.6 Å². The van der Waals surface area contributed by atoms with Gasteiger partial charge in [-0.1, -0.05) is 54.0 Å². The first-order chi connectivity index (χ1) is 22.5. The van der Waals surface area contributed by atoms with E-state index in [0.717, 1.165) is 31.3 Å². The van der Waals surface area contributed by atoms with E-state index in [1.807, 2.05) is 17.9 Å². The van der Waals surface area contributed by atoms with Gasteiger partial charge < -0.3 is 29.5 Å². The summed E-state index contributed by atoms with van der Waals surface area (Å²) in [6.45, 7) is 18.8. The number of esters is 1. The predicted molar refractivity (Wildman–Crippen MR) is 180 cm³/mol. The zero-order chi connectivity index (χ0) is 35.4. The normalized spacial score (nSPS) is 42.8. The number of ketones is 1. The molecule has 11 atom stereocenters. The van der Waals surface area contributed by atoms with E-state index in [4.69, 9.17) is 14.2 Å². The fourth-order valence-corrected chi connectivity index (χ4v) is 11.9. The van der Waals surface area contributed by atoms with Crippen molar-refractivity contribution in [2.45, 2.75) is 99.7 Å². The maximum absolute atomic E-state index is 14.8. The number of aliphatic hydroxyl groups excluding tert-OH is 2. The fourth-order valence-electron chi connectivity index (χ4n) is 11.9. The van der Waals surface area contributed by atoms with Crippen molar-refractivity contribution in [3.63, 3.8) is 0 Å². The largest absolute Gasteiger partial charge is 0.481 e. The molecule has 5 rings (SSSR count). The number of ether oxygens (including phenoxy) is 3. The molecule has 0 aromatic rings. The molecule has 10 nitrogen and oxygen atoms in total. The van der Waals surface area contributed by atoms with Gasteiger partial charge in [-0.05, 0) is 72.7 Å². The van der Waals surface area contributed by atoms with Crippen LogP contribution >= 0.6 is 0 Å². The van der Waals surface area contributed by atoms with Gasteiger partial charge in [-0.2, -0.15) is 0 Å². The Morgan fingerprint density at radius 2 is 1.69 bits per heavy atom. The van der Waals surface area contributed by atoms with Crippen molar-refractivity contribution in [3.05, 3.63) is 11.6 Å². The van der Waals surface area contributed by atoms with E-state index in [1.165, 1.54) is 6.92 Å². The maximum Gasteiger partial charge on any atom is 0.308 e. The second-order valence-electron chi connectivity index (χ2n) is 17.2. The molecule has 3 saturated carbocycles. The third-order valence-corrected chi connectivity index (χ3v) is 14.8. The highest BCUT2D eigenvalue weighted by Gasteiger charge is 2.74. The van der Waals surface area contributed by atoms with Crippen molar-refractivity contribution in [2.24, 2.45) is 56.7 Å². The molecule has 0 spiro atoms. The molecule has 1 aliphatic heterocycles. The number of nitrogens with zero attached hydrogens (tertiary/aromatic N) is 1. The number of allylic oxidation sites excluding steroid dienone is 1. The molecule has 3 N–H and O–H groups in total. The quantitative estimate of drug-likeness (QED) is 0.256. The van der Waals surface area contributed by atoms with E-state index in [9.17, 15) is 29.7 Å². The molecule has 0 aromatic carbocycles. The molecule has 2 bridgehead atoms. The monoisotopic (exact) mass is 675 g/mol. The second kappa shape index (κ2) is 13.4. The van der Waals surface area contributed by atoms with Gasteiger partial charge in [0.2, 0.25) is 0 Å². The first-order valence-electron chi connectivity index (χ1n) is 18.3. The number of carbonyl (C=O) groups excluding carboxylic acids is 2. The summed E-state index contributed by atoms with van der Waals surface area (Å²) in [5.74, 6) is -1.65. The first kappa shape index (κ1) is 37.4. The lowest BCUT2D eigenvalue weighted by molar-refractivity contribution is -0.266. The van der Waals surface area contributed by atoms with Crippen molar-refractivity contribution in [1.29, 1.82) is 0 Å². The zero-order valence-corrected chi connectivity index (χ0v) is 30.5. The van der Waals surface area contributed by atoms with E-state index in [1.54, 1.807) is 0 Å². The van der Waals surface area contributed by atoms with Gasteiger partial charge in [0.25, 0.3) is 0 Å². The van der Waals surface area contributed by atoms with Crippen molar-refractivity contribution >= 4 is 17.7 Å². The molecule has 0 amide bonds. The molecule has 0 unspecified atom stereocenters. The molecule has 4 fully saturated rings. The molecule has 0 radical (unpaired) electrons. The Morgan fingerprint density at radius 3 is 2.27 bits per heavy atom. The van der Waals surface area contributed by atoms with Crippen LogP contribution in [0, 0.1) is 56.7 Å². The van der Waals surface area contributed by atoms with Crippen LogP contribution in [-0.4, -0.2) is 103 Å². The summed E-state index contributed by atoms with van der Waals surface area (Å²) in [5, 5.41) is 29.9. The Labute approximate surface area is 286 Å². The SMILES string of the molecule is CC(=O)O[C@@H]1C[C@@]23COC[C@@](C)([C@@H]2CC[C@H]2C3=CC(=O)[C@@]3(C)[C@H](C(=O)O)[C@@](C)([C@H](C)C(C)C)CC[C@]23C)[C@H]1OCCN(CCO)CCO. The molecule has 0 aromatic heterocycles. The Balaban J connectivity index is 1.55. The molecule has 10 heteroatoms.